The summed E-state index contributed by atoms with van der Waals surface area (Å²) in [7, 11) is 0. The zero-order valence-corrected chi connectivity index (χ0v) is 12.2. The molecule has 4 nitrogen and oxygen atoms in total. The molecule has 1 aromatic carbocycles. The second-order valence-corrected chi connectivity index (χ2v) is 5.75. The van der Waals surface area contributed by atoms with Gasteiger partial charge in [-0.2, -0.15) is 0 Å². The van der Waals surface area contributed by atoms with Crippen molar-refractivity contribution in [2.75, 3.05) is 26.2 Å². The molecule has 0 aromatic heterocycles. The van der Waals surface area contributed by atoms with Gasteiger partial charge in [-0.1, -0.05) is 23.7 Å². The minimum Gasteiger partial charge on any atom is -0.395 e. The van der Waals surface area contributed by atoms with Crippen LogP contribution in [0.1, 0.15) is 18.4 Å². The lowest BCUT2D eigenvalue weighted by Crippen LogP contribution is -2.49. The molecule has 0 spiro atoms. The largest absolute Gasteiger partial charge is 0.395 e. The second kappa shape index (κ2) is 7.07. The molecule has 1 aliphatic rings. The van der Waals surface area contributed by atoms with E-state index in [-0.39, 0.29) is 12.5 Å². The van der Waals surface area contributed by atoms with E-state index in [4.69, 9.17) is 16.7 Å². The van der Waals surface area contributed by atoms with Gasteiger partial charge in [-0.25, -0.2) is 0 Å². The molecule has 0 unspecified atom stereocenters. The van der Waals surface area contributed by atoms with Crippen LogP contribution < -0.4 is 10.6 Å². The first-order chi connectivity index (χ1) is 9.66. The first kappa shape index (κ1) is 15.3. The fraction of sp³-hybridized carbons (Fsp3) is 0.533. The maximum Gasteiger partial charge on any atom is 0.226 e. The summed E-state index contributed by atoms with van der Waals surface area (Å²) in [6.45, 7) is 1.96. The van der Waals surface area contributed by atoms with Gasteiger partial charge >= 0.3 is 0 Å². The minimum atomic E-state index is -0.398. The summed E-state index contributed by atoms with van der Waals surface area (Å²) in [5, 5.41) is 15.7. The van der Waals surface area contributed by atoms with Crippen LogP contribution in [0.3, 0.4) is 0 Å². The molecule has 2 rings (SSSR count). The number of carbonyl (C=O) groups excluding carboxylic acids is 1. The fourth-order valence-corrected chi connectivity index (χ4v) is 3.00. The lowest BCUT2D eigenvalue weighted by atomic mass is 9.73. The lowest BCUT2D eigenvalue weighted by Gasteiger charge is -2.36. The van der Waals surface area contributed by atoms with Gasteiger partial charge in [0.2, 0.25) is 5.91 Å². The minimum absolute atomic E-state index is 0.0305. The first-order valence-corrected chi connectivity index (χ1v) is 7.38. The van der Waals surface area contributed by atoms with Crippen molar-refractivity contribution in [2.45, 2.75) is 19.3 Å². The number of benzene rings is 1. The number of aliphatic hydroxyl groups is 1. The number of amides is 1. The molecule has 1 fully saturated rings. The van der Waals surface area contributed by atoms with Gasteiger partial charge < -0.3 is 15.7 Å². The monoisotopic (exact) mass is 296 g/mol. The Labute approximate surface area is 124 Å². The van der Waals surface area contributed by atoms with E-state index < -0.39 is 5.41 Å². The van der Waals surface area contributed by atoms with E-state index >= 15 is 0 Å². The highest BCUT2D eigenvalue weighted by Crippen LogP contribution is 2.33. The van der Waals surface area contributed by atoms with E-state index in [1.165, 1.54) is 0 Å². The molecule has 0 bridgehead atoms. The molecule has 0 radical (unpaired) electrons. The average molecular weight is 297 g/mol. The second-order valence-electron chi connectivity index (χ2n) is 5.32. The molecule has 0 saturated carbocycles. The molecule has 1 amide bonds. The SMILES string of the molecule is O=C(NCCO)C1(Cc2cccc(Cl)c2)CCNCC1. The maximum absolute atomic E-state index is 12.5. The number of piperidine rings is 1. The molecular weight excluding hydrogens is 276 g/mol. The number of halogens is 1. The molecule has 1 aliphatic heterocycles. The molecule has 0 aliphatic carbocycles. The highest BCUT2D eigenvalue weighted by molar-refractivity contribution is 6.30. The average Bonchev–Trinajstić information content (AvgIpc) is 2.45. The number of carbonyl (C=O) groups is 1. The third-order valence-electron chi connectivity index (χ3n) is 3.87. The van der Waals surface area contributed by atoms with Crippen molar-refractivity contribution in [2.24, 2.45) is 5.41 Å². The van der Waals surface area contributed by atoms with Gasteiger partial charge in [-0.05, 0) is 50.0 Å². The van der Waals surface area contributed by atoms with E-state index in [9.17, 15) is 4.79 Å². The Morgan fingerprint density at radius 3 is 2.80 bits per heavy atom. The molecule has 1 aromatic rings. The van der Waals surface area contributed by atoms with E-state index in [1.807, 2.05) is 24.3 Å². The quantitative estimate of drug-likeness (QED) is 0.769. The normalized spacial score (nSPS) is 17.7. The van der Waals surface area contributed by atoms with Crippen molar-refractivity contribution >= 4 is 17.5 Å². The summed E-state index contributed by atoms with van der Waals surface area (Å²) in [6.07, 6.45) is 2.29. The Morgan fingerprint density at radius 1 is 1.40 bits per heavy atom. The molecule has 110 valence electrons. The molecule has 20 heavy (non-hydrogen) atoms. The molecule has 3 N–H and O–H groups in total. The predicted molar refractivity (Wildman–Crippen MR) is 79.8 cm³/mol. The summed E-state index contributed by atoms with van der Waals surface area (Å²) in [5.74, 6) is 0.0352. The Kier molecular flexibility index (Phi) is 5.40. The van der Waals surface area contributed by atoms with Crippen LogP contribution in [0.15, 0.2) is 24.3 Å². The Morgan fingerprint density at radius 2 is 2.15 bits per heavy atom. The first-order valence-electron chi connectivity index (χ1n) is 7.01. The smallest absolute Gasteiger partial charge is 0.226 e. The van der Waals surface area contributed by atoms with Crippen LogP contribution in [0.5, 0.6) is 0 Å². The van der Waals surface area contributed by atoms with Crippen LogP contribution in [0.2, 0.25) is 5.02 Å². The number of hydrogen-bond donors (Lipinski definition) is 3. The van der Waals surface area contributed by atoms with E-state index in [2.05, 4.69) is 10.6 Å². The third kappa shape index (κ3) is 3.72. The van der Waals surface area contributed by atoms with E-state index in [0.717, 1.165) is 31.5 Å². The number of rotatable bonds is 5. The fourth-order valence-electron chi connectivity index (χ4n) is 2.78. The summed E-state index contributed by atoms with van der Waals surface area (Å²) in [6, 6.07) is 7.68. The summed E-state index contributed by atoms with van der Waals surface area (Å²) < 4.78 is 0. The predicted octanol–water partition coefficient (Wildman–Crippen LogP) is 1.36. The molecular formula is C15H21ClN2O2. The van der Waals surface area contributed by atoms with Crippen molar-refractivity contribution in [3.8, 4) is 0 Å². The summed E-state index contributed by atoms with van der Waals surface area (Å²) >= 11 is 6.03. The van der Waals surface area contributed by atoms with Gasteiger partial charge in [0.05, 0.1) is 12.0 Å². The zero-order chi connectivity index (χ0) is 14.4. The van der Waals surface area contributed by atoms with Gasteiger partial charge in [0.25, 0.3) is 0 Å². The molecule has 5 heteroatoms. The number of hydrogen-bond acceptors (Lipinski definition) is 3. The van der Waals surface area contributed by atoms with Crippen LogP contribution in [0, 0.1) is 5.41 Å². The van der Waals surface area contributed by atoms with Crippen LogP contribution in [0.25, 0.3) is 0 Å². The maximum atomic E-state index is 12.5. The van der Waals surface area contributed by atoms with Gasteiger partial charge in [-0.15, -0.1) is 0 Å². The highest BCUT2D eigenvalue weighted by atomic mass is 35.5. The van der Waals surface area contributed by atoms with Crippen LogP contribution in [-0.2, 0) is 11.2 Å². The van der Waals surface area contributed by atoms with Crippen molar-refractivity contribution in [1.82, 2.24) is 10.6 Å². The standard InChI is InChI=1S/C15H21ClN2O2/c16-13-3-1-2-12(10-13)11-15(4-6-17-7-5-15)14(20)18-8-9-19/h1-3,10,17,19H,4-9,11H2,(H,18,20). The Bertz CT molecular complexity index is 459. The van der Waals surface area contributed by atoms with Crippen LogP contribution in [0.4, 0.5) is 0 Å². The zero-order valence-electron chi connectivity index (χ0n) is 11.5. The van der Waals surface area contributed by atoms with Crippen LogP contribution >= 0.6 is 11.6 Å². The van der Waals surface area contributed by atoms with Gasteiger partial charge in [0.1, 0.15) is 0 Å². The van der Waals surface area contributed by atoms with Crippen molar-refractivity contribution < 1.29 is 9.90 Å². The summed E-state index contributed by atoms with van der Waals surface area (Å²) in [4.78, 5) is 12.5. The van der Waals surface area contributed by atoms with Crippen LogP contribution in [-0.4, -0.2) is 37.3 Å². The van der Waals surface area contributed by atoms with Gasteiger partial charge in [0, 0.05) is 11.6 Å². The topological polar surface area (TPSA) is 61.4 Å². The van der Waals surface area contributed by atoms with E-state index in [0.29, 0.717) is 18.0 Å². The number of aliphatic hydroxyl groups excluding tert-OH is 1. The molecule has 1 saturated heterocycles. The molecule has 1 heterocycles. The Balaban J connectivity index is 2.16. The lowest BCUT2D eigenvalue weighted by molar-refractivity contribution is -0.132. The van der Waals surface area contributed by atoms with E-state index in [1.54, 1.807) is 0 Å². The van der Waals surface area contributed by atoms with Crippen molar-refractivity contribution in [3.63, 3.8) is 0 Å². The van der Waals surface area contributed by atoms with Gasteiger partial charge in [0.15, 0.2) is 0 Å². The van der Waals surface area contributed by atoms with Crippen molar-refractivity contribution in [1.29, 1.82) is 0 Å². The molecule has 0 atom stereocenters. The summed E-state index contributed by atoms with van der Waals surface area (Å²) in [5.41, 5.74) is 0.684. The van der Waals surface area contributed by atoms with Gasteiger partial charge in [-0.3, -0.25) is 4.79 Å². The highest BCUT2D eigenvalue weighted by Gasteiger charge is 2.39. The third-order valence-corrected chi connectivity index (χ3v) is 4.11. The number of nitrogens with one attached hydrogen (secondary N) is 2. The Hall–Kier alpha value is -1.10. The van der Waals surface area contributed by atoms with Crippen molar-refractivity contribution in [3.05, 3.63) is 34.9 Å².